The van der Waals surface area contributed by atoms with Gasteiger partial charge in [0.2, 0.25) is 0 Å². The summed E-state index contributed by atoms with van der Waals surface area (Å²) in [4.78, 5) is 15.9. The molecule has 0 radical (unpaired) electrons. The van der Waals surface area contributed by atoms with Crippen LogP contribution in [0.3, 0.4) is 0 Å². The molecule has 134 valence electrons. The van der Waals surface area contributed by atoms with Crippen molar-refractivity contribution in [3.05, 3.63) is 88.9 Å². The van der Waals surface area contributed by atoms with E-state index in [1.54, 1.807) is 25.1 Å². The molecule has 0 saturated carbocycles. The fourth-order valence-electron chi connectivity index (χ4n) is 3.25. The van der Waals surface area contributed by atoms with Gasteiger partial charge in [0.25, 0.3) is 0 Å². The number of allylic oxidation sites excluding steroid dienone is 5. The minimum Gasteiger partial charge on any atom is -0.290 e. The fourth-order valence-corrected chi connectivity index (χ4v) is 3.25. The molecule has 0 unspecified atom stereocenters. The Labute approximate surface area is 154 Å². The number of benzene rings is 1. The maximum atomic E-state index is 14.3. The molecule has 1 N–H and O–H groups in total. The molecule has 1 aromatic carbocycles. The molecule has 0 bridgehead atoms. The van der Waals surface area contributed by atoms with Gasteiger partial charge in [0.05, 0.1) is 5.69 Å². The Hall–Kier alpha value is -3.38. The van der Waals surface area contributed by atoms with Crippen molar-refractivity contribution < 1.29 is 18.8 Å². The van der Waals surface area contributed by atoms with Gasteiger partial charge in [-0.1, -0.05) is 0 Å². The van der Waals surface area contributed by atoms with Crippen molar-refractivity contribution in [3.8, 4) is 11.1 Å². The summed E-state index contributed by atoms with van der Waals surface area (Å²) in [6.07, 6.45) is 9.03. The lowest BCUT2D eigenvalue weighted by Gasteiger charge is -2.26. The summed E-state index contributed by atoms with van der Waals surface area (Å²) in [5, 5.41) is 11.3. The first-order chi connectivity index (χ1) is 13.0. The number of hydrogen-bond acceptors (Lipinski definition) is 4. The molecule has 6 heteroatoms. The second-order valence-electron chi connectivity index (χ2n) is 6.23. The van der Waals surface area contributed by atoms with Crippen molar-refractivity contribution in [2.24, 2.45) is 0 Å². The van der Waals surface area contributed by atoms with E-state index in [2.05, 4.69) is 4.98 Å². The molecule has 0 atom stereocenters. The lowest BCUT2D eigenvalue weighted by Crippen LogP contribution is -2.19. The Morgan fingerprint density at radius 2 is 1.89 bits per heavy atom. The van der Waals surface area contributed by atoms with Crippen LogP contribution in [0.4, 0.5) is 8.78 Å². The second-order valence-corrected chi connectivity index (χ2v) is 6.23. The topological polar surface area (TPSA) is 53.4 Å². The van der Waals surface area contributed by atoms with Crippen LogP contribution in [0.1, 0.15) is 18.2 Å². The van der Waals surface area contributed by atoms with Crippen molar-refractivity contribution in [3.63, 3.8) is 0 Å². The number of carbonyl (C=O) groups excluding carboxylic acids is 1. The monoisotopic (exact) mass is 364 g/mol. The third kappa shape index (κ3) is 2.90. The minimum absolute atomic E-state index is 0.136. The Morgan fingerprint density at radius 1 is 1.07 bits per heavy atom. The van der Waals surface area contributed by atoms with Crippen LogP contribution < -0.4 is 0 Å². The number of halogens is 2. The lowest BCUT2D eigenvalue weighted by molar-refractivity contribution is -0.110. The molecule has 2 aliphatic rings. The van der Waals surface area contributed by atoms with Crippen LogP contribution in [0.5, 0.6) is 0 Å². The van der Waals surface area contributed by atoms with E-state index in [1.165, 1.54) is 36.7 Å². The van der Waals surface area contributed by atoms with E-state index in [9.17, 15) is 18.8 Å². The number of rotatable bonds is 1. The maximum absolute atomic E-state index is 14.3. The van der Waals surface area contributed by atoms with Gasteiger partial charge in [-0.25, -0.2) is 13.8 Å². The summed E-state index contributed by atoms with van der Waals surface area (Å²) < 4.78 is 27.6. The molecular weight excluding hydrogens is 350 g/mol. The van der Waals surface area contributed by atoms with Gasteiger partial charge in [0.15, 0.2) is 5.78 Å². The third-order valence-electron chi connectivity index (χ3n) is 4.50. The standard InChI is InChI=1S/C21H14F2N2O2/c1-12-10-14(26)3-5-15(12)21-20-18(7-9-25(21)27)16(6-8-24-20)17-4-2-13(22)11-19(17)23/h2-11,27H,1H3/b21-15+. The average Bonchev–Trinajstić information content (AvgIpc) is 2.62. The first-order valence-corrected chi connectivity index (χ1v) is 8.22. The number of hydroxylamine groups is 2. The smallest absolute Gasteiger partial charge is 0.178 e. The predicted molar refractivity (Wildman–Crippen MR) is 97.1 cm³/mol. The second kappa shape index (κ2) is 6.41. The van der Waals surface area contributed by atoms with Crippen molar-refractivity contribution in [2.75, 3.05) is 0 Å². The Bertz CT molecular complexity index is 1100. The molecular formula is C21H14F2N2O2. The van der Waals surface area contributed by atoms with Crippen molar-refractivity contribution in [2.45, 2.75) is 6.92 Å². The Balaban J connectivity index is 1.96. The molecule has 0 fully saturated rings. The molecule has 0 spiro atoms. The highest BCUT2D eigenvalue weighted by molar-refractivity contribution is 6.03. The van der Waals surface area contributed by atoms with E-state index < -0.39 is 11.6 Å². The summed E-state index contributed by atoms with van der Waals surface area (Å²) in [5.74, 6) is -1.48. The first-order valence-electron chi connectivity index (χ1n) is 8.22. The summed E-state index contributed by atoms with van der Waals surface area (Å²) in [6.45, 7) is 1.76. The number of ketones is 1. The van der Waals surface area contributed by atoms with Crippen LogP contribution in [0.15, 0.2) is 66.0 Å². The van der Waals surface area contributed by atoms with Crippen LogP contribution in [0.2, 0.25) is 0 Å². The number of hydrogen-bond donors (Lipinski definition) is 1. The first kappa shape index (κ1) is 17.1. The SMILES string of the molecule is CC1=CC(=O)C=C/C1=C1/c2nccc(-c3ccc(F)cc3F)c2C=CN1O. The molecule has 0 amide bonds. The Kier molecular flexibility index (Phi) is 4.05. The van der Waals surface area contributed by atoms with Crippen molar-refractivity contribution >= 4 is 17.6 Å². The van der Waals surface area contributed by atoms with E-state index in [0.717, 1.165) is 11.1 Å². The fraction of sp³-hybridized carbons (Fsp3) is 0.0476. The number of fused-ring (bicyclic) bond motifs is 1. The highest BCUT2D eigenvalue weighted by atomic mass is 19.1. The number of pyridine rings is 1. The van der Waals surface area contributed by atoms with E-state index in [4.69, 9.17) is 0 Å². The van der Waals surface area contributed by atoms with Gasteiger partial charge in [-0.2, -0.15) is 0 Å². The molecule has 1 aliphatic heterocycles. The largest absolute Gasteiger partial charge is 0.290 e. The maximum Gasteiger partial charge on any atom is 0.178 e. The normalized spacial score (nSPS) is 18.6. The zero-order valence-corrected chi connectivity index (χ0v) is 14.3. The van der Waals surface area contributed by atoms with Gasteiger partial charge in [0, 0.05) is 35.2 Å². The number of nitrogens with zero attached hydrogens (tertiary/aromatic N) is 2. The molecule has 2 heterocycles. The summed E-state index contributed by atoms with van der Waals surface area (Å²) in [5.41, 5.74) is 3.48. The van der Waals surface area contributed by atoms with E-state index in [0.29, 0.717) is 33.7 Å². The zero-order valence-electron chi connectivity index (χ0n) is 14.3. The summed E-state index contributed by atoms with van der Waals surface area (Å²) in [6, 6.07) is 5.03. The molecule has 1 aliphatic carbocycles. The minimum atomic E-state index is -0.684. The van der Waals surface area contributed by atoms with Gasteiger partial charge in [0.1, 0.15) is 17.3 Å². The molecule has 2 aromatic rings. The highest BCUT2D eigenvalue weighted by Gasteiger charge is 2.25. The van der Waals surface area contributed by atoms with Crippen molar-refractivity contribution in [1.82, 2.24) is 10.0 Å². The number of aromatic nitrogens is 1. The molecule has 4 nitrogen and oxygen atoms in total. The molecule has 4 rings (SSSR count). The molecule has 27 heavy (non-hydrogen) atoms. The summed E-state index contributed by atoms with van der Waals surface area (Å²) in [7, 11) is 0. The third-order valence-corrected chi connectivity index (χ3v) is 4.50. The predicted octanol–water partition coefficient (Wildman–Crippen LogP) is 4.50. The van der Waals surface area contributed by atoms with Gasteiger partial charge in [-0.05, 0) is 60.6 Å². The zero-order chi connectivity index (χ0) is 19.1. The van der Waals surface area contributed by atoms with Gasteiger partial charge in [-0.15, -0.1) is 0 Å². The molecule has 0 saturated heterocycles. The summed E-state index contributed by atoms with van der Waals surface area (Å²) >= 11 is 0. The van der Waals surface area contributed by atoms with Crippen LogP contribution >= 0.6 is 0 Å². The van der Waals surface area contributed by atoms with Gasteiger partial charge >= 0.3 is 0 Å². The van der Waals surface area contributed by atoms with Crippen LogP contribution in [0.25, 0.3) is 22.9 Å². The quantitative estimate of drug-likeness (QED) is 0.810. The lowest BCUT2D eigenvalue weighted by atomic mass is 9.91. The average molecular weight is 364 g/mol. The highest BCUT2D eigenvalue weighted by Crippen LogP contribution is 2.38. The van der Waals surface area contributed by atoms with Crippen LogP contribution in [-0.4, -0.2) is 21.0 Å². The van der Waals surface area contributed by atoms with E-state index in [1.807, 2.05) is 0 Å². The van der Waals surface area contributed by atoms with Crippen molar-refractivity contribution in [1.29, 1.82) is 0 Å². The Morgan fingerprint density at radius 3 is 2.63 bits per heavy atom. The van der Waals surface area contributed by atoms with E-state index >= 15 is 0 Å². The van der Waals surface area contributed by atoms with Gasteiger partial charge in [-0.3, -0.25) is 15.0 Å². The van der Waals surface area contributed by atoms with Crippen LogP contribution in [0, 0.1) is 11.6 Å². The van der Waals surface area contributed by atoms with Gasteiger partial charge < -0.3 is 0 Å². The van der Waals surface area contributed by atoms with E-state index in [-0.39, 0.29) is 11.3 Å². The number of carbonyl (C=O) groups is 1. The molecule has 1 aromatic heterocycles. The van der Waals surface area contributed by atoms with Crippen LogP contribution in [-0.2, 0) is 4.79 Å².